The van der Waals surface area contributed by atoms with E-state index in [1.54, 1.807) is 4.88 Å². The zero-order chi connectivity index (χ0) is 14.4. The summed E-state index contributed by atoms with van der Waals surface area (Å²) in [6.07, 6.45) is 5.63. The zero-order valence-corrected chi connectivity index (χ0v) is 14.2. The third-order valence-electron chi connectivity index (χ3n) is 4.40. The minimum atomic E-state index is 0.0724. The van der Waals surface area contributed by atoms with E-state index in [0.29, 0.717) is 0 Å². The molecule has 0 saturated heterocycles. The van der Waals surface area contributed by atoms with Crippen LogP contribution in [-0.4, -0.2) is 6.61 Å². The highest BCUT2D eigenvalue weighted by molar-refractivity contribution is 9.10. The summed E-state index contributed by atoms with van der Waals surface area (Å²) in [5, 5.41) is 0. The lowest BCUT2D eigenvalue weighted by molar-refractivity contribution is 0.352. The summed E-state index contributed by atoms with van der Waals surface area (Å²) in [4.78, 5) is 2.88. The van der Waals surface area contributed by atoms with Crippen molar-refractivity contribution in [1.82, 2.24) is 0 Å². The van der Waals surface area contributed by atoms with Gasteiger partial charge >= 0.3 is 0 Å². The zero-order valence-electron chi connectivity index (χ0n) is 11.8. The SMILES string of the molecule is NC(Cc1cc(Br)cc2c1OCC2)c1cc2c(s1)CCC2. The number of hydrogen-bond acceptors (Lipinski definition) is 3. The smallest absolute Gasteiger partial charge is 0.125 e. The topological polar surface area (TPSA) is 35.2 Å². The number of hydrogen-bond donors (Lipinski definition) is 1. The predicted octanol–water partition coefficient (Wildman–Crippen LogP) is 4.18. The summed E-state index contributed by atoms with van der Waals surface area (Å²) in [6, 6.07) is 6.72. The fourth-order valence-electron chi connectivity index (χ4n) is 3.37. The Morgan fingerprint density at radius 3 is 2.95 bits per heavy atom. The van der Waals surface area contributed by atoms with Gasteiger partial charge in [0.15, 0.2) is 0 Å². The molecule has 1 aliphatic carbocycles. The van der Waals surface area contributed by atoms with Gasteiger partial charge in [0, 0.05) is 26.7 Å². The van der Waals surface area contributed by atoms with Crippen LogP contribution in [0, 0.1) is 0 Å². The van der Waals surface area contributed by atoms with Crippen molar-refractivity contribution in [3.63, 3.8) is 0 Å². The van der Waals surface area contributed by atoms with Crippen LogP contribution in [0.5, 0.6) is 5.75 Å². The van der Waals surface area contributed by atoms with Crippen molar-refractivity contribution >= 4 is 27.3 Å². The number of thiophene rings is 1. The fourth-order valence-corrected chi connectivity index (χ4v) is 5.18. The summed E-state index contributed by atoms with van der Waals surface area (Å²) in [7, 11) is 0. The number of fused-ring (bicyclic) bond motifs is 2. The molecule has 2 aromatic rings. The lowest BCUT2D eigenvalue weighted by atomic mass is 10.0. The Hall–Kier alpha value is -0.840. The lowest BCUT2D eigenvalue weighted by Gasteiger charge is -2.13. The minimum absolute atomic E-state index is 0.0724. The second kappa shape index (κ2) is 5.41. The Morgan fingerprint density at radius 2 is 2.10 bits per heavy atom. The van der Waals surface area contributed by atoms with Crippen molar-refractivity contribution in [1.29, 1.82) is 0 Å². The number of nitrogens with two attached hydrogens (primary N) is 1. The molecule has 0 saturated carbocycles. The molecule has 0 radical (unpaired) electrons. The van der Waals surface area contributed by atoms with Crippen LogP contribution in [0.3, 0.4) is 0 Å². The maximum atomic E-state index is 6.47. The highest BCUT2D eigenvalue weighted by Crippen LogP contribution is 2.38. The Balaban J connectivity index is 1.60. The van der Waals surface area contributed by atoms with E-state index in [4.69, 9.17) is 10.5 Å². The van der Waals surface area contributed by atoms with Crippen molar-refractivity contribution in [2.45, 2.75) is 38.1 Å². The highest BCUT2D eigenvalue weighted by atomic mass is 79.9. The molecular formula is C17H18BrNOS. The monoisotopic (exact) mass is 363 g/mol. The van der Waals surface area contributed by atoms with Gasteiger partial charge in [-0.1, -0.05) is 15.9 Å². The van der Waals surface area contributed by atoms with Gasteiger partial charge in [0.2, 0.25) is 0 Å². The molecule has 0 amide bonds. The molecule has 2 N–H and O–H groups in total. The largest absolute Gasteiger partial charge is 0.493 e. The van der Waals surface area contributed by atoms with Crippen molar-refractivity contribution in [2.75, 3.05) is 6.61 Å². The normalized spacial score (nSPS) is 17.4. The van der Waals surface area contributed by atoms with Gasteiger partial charge < -0.3 is 10.5 Å². The highest BCUT2D eigenvalue weighted by Gasteiger charge is 2.22. The quantitative estimate of drug-likeness (QED) is 0.887. The number of ether oxygens (including phenoxy) is 1. The lowest BCUT2D eigenvalue weighted by Crippen LogP contribution is -2.12. The molecule has 21 heavy (non-hydrogen) atoms. The molecule has 2 heterocycles. The summed E-state index contributed by atoms with van der Waals surface area (Å²) < 4.78 is 6.94. The first kappa shape index (κ1) is 13.8. The van der Waals surface area contributed by atoms with Gasteiger partial charge in [-0.15, -0.1) is 11.3 Å². The molecule has 0 fully saturated rings. The van der Waals surface area contributed by atoms with Gasteiger partial charge in [0.25, 0.3) is 0 Å². The Morgan fingerprint density at radius 1 is 1.19 bits per heavy atom. The first-order valence-corrected chi connectivity index (χ1v) is 9.13. The molecule has 4 heteroatoms. The van der Waals surface area contributed by atoms with Crippen LogP contribution in [0.25, 0.3) is 0 Å². The van der Waals surface area contributed by atoms with Crippen molar-refractivity contribution in [2.24, 2.45) is 5.73 Å². The molecule has 1 aromatic carbocycles. The van der Waals surface area contributed by atoms with Crippen LogP contribution in [0.2, 0.25) is 0 Å². The average Bonchev–Trinajstić information content (AvgIpc) is 3.12. The number of benzene rings is 1. The van der Waals surface area contributed by atoms with Gasteiger partial charge in [-0.05, 0) is 60.6 Å². The third-order valence-corrected chi connectivity index (χ3v) is 6.22. The van der Waals surface area contributed by atoms with E-state index in [9.17, 15) is 0 Å². The Bertz CT molecular complexity index is 673. The molecular weight excluding hydrogens is 346 g/mol. The first-order chi connectivity index (χ1) is 10.2. The summed E-state index contributed by atoms with van der Waals surface area (Å²) >= 11 is 5.51. The molecule has 1 atom stereocenters. The predicted molar refractivity (Wildman–Crippen MR) is 90.3 cm³/mol. The summed E-state index contributed by atoms with van der Waals surface area (Å²) in [6.45, 7) is 0.793. The van der Waals surface area contributed by atoms with Gasteiger partial charge in [-0.2, -0.15) is 0 Å². The molecule has 2 aliphatic rings. The van der Waals surface area contributed by atoms with Crippen LogP contribution >= 0.6 is 27.3 Å². The number of aryl methyl sites for hydroxylation is 2. The van der Waals surface area contributed by atoms with Gasteiger partial charge in [0.05, 0.1) is 6.61 Å². The van der Waals surface area contributed by atoms with E-state index in [2.05, 4.69) is 34.1 Å². The van der Waals surface area contributed by atoms with Crippen LogP contribution in [0.4, 0.5) is 0 Å². The van der Waals surface area contributed by atoms with Crippen molar-refractivity contribution in [3.05, 3.63) is 49.1 Å². The van der Waals surface area contributed by atoms with Crippen LogP contribution < -0.4 is 10.5 Å². The molecule has 1 aromatic heterocycles. The third kappa shape index (κ3) is 2.54. The van der Waals surface area contributed by atoms with E-state index in [-0.39, 0.29) is 6.04 Å². The fraction of sp³-hybridized carbons (Fsp3) is 0.412. The maximum Gasteiger partial charge on any atom is 0.125 e. The molecule has 1 unspecified atom stereocenters. The summed E-state index contributed by atoms with van der Waals surface area (Å²) in [5.74, 6) is 1.07. The van der Waals surface area contributed by atoms with Gasteiger partial charge in [-0.3, -0.25) is 0 Å². The number of halogens is 1. The van der Waals surface area contributed by atoms with E-state index >= 15 is 0 Å². The second-order valence-electron chi connectivity index (χ2n) is 5.91. The number of rotatable bonds is 3. The van der Waals surface area contributed by atoms with Crippen molar-refractivity contribution < 1.29 is 4.74 Å². The van der Waals surface area contributed by atoms with Crippen LogP contribution in [-0.2, 0) is 25.7 Å². The standard InChI is InChI=1S/C17H18BrNOS/c18-13-6-11-4-5-20-17(11)12(7-13)8-14(19)16-9-10-2-1-3-15(10)21-16/h6-7,9,14H,1-5,8,19H2. The van der Waals surface area contributed by atoms with Crippen LogP contribution in [0.15, 0.2) is 22.7 Å². The molecule has 110 valence electrons. The Labute approximate surface area is 137 Å². The summed E-state index contributed by atoms with van der Waals surface area (Å²) in [5.41, 5.74) is 10.5. The molecule has 0 bridgehead atoms. The van der Waals surface area contributed by atoms with Gasteiger partial charge in [-0.25, -0.2) is 0 Å². The maximum absolute atomic E-state index is 6.47. The van der Waals surface area contributed by atoms with Crippen molar-refractivity contribution in [3.8, 4) is 5.75 Å². The van der Waals surface area contributed by atoms with Crippen LogP contribution in [0.1, 0.15) is 38.9 Å². The molecule has 0 spiro atoms. The van der Waals surface area contributed by atoms with E-state index < -0.39 is 0 Å². The minimum Gasteiger partial charge on any atom is -0.493 e. The van der Waals surface area contributed by atoms with E-state index in [0.717, 1.165) is 29.7 Å². The van der Waals surface area contributed by atoms with E-state index in [1.807, 2.05) is 11.3 Å². The molecule has 2 nitrogen and oxygen atoms in total. The molecule has 4 rings (SSSR count). The first-order valence-electron chi connectivity index (χ1n) is 7.52. The molecule has 1 aliphatic heterocycles. The Kier molecular flexibility index (Phi) is 3.56. The average molecular weight is 364 g/mol. The van der Waals surface area contributed by atoms with E-state index in [1.165, 1.54) is 40.8 Å². The second-order valence-corrected chi connectivity index (χ2v) is 8.00. The van der Waals surface area contributed by atoms with Gasteiger partial charge in [0.1, 0.15) is 5.75 Å².